The molecule has 1 aromatic heterocycles. The van der Waals surface area contributed by atoms with E-state index in [2.05, 4.69) is 4.98 Å². The number of aryl methyl sites for hydroxylation is 1. The molecule has 0 aliphatic heterocycles. The van der Waals surface area contributed by atoms with E-state index in [0.717, 1.165) is 21.0 Å². The van der Waals surface area contributed by atoms with Gasteiger partial charge in [-0.2, -0.15) is 0 Å². The number of hydrogen-bond acceptors (Lipinski definition) is 5. The molecule has 0 saturated heterocycles. The summed E-state index contributed by atoms with van der Waals surface area (Å²) in [5.74, 6) is 0.0376. The van der Waals surface area contributed by atoms with Gasteiger partial charge < -0.3 is 5.11 Å². The lowest BCUT2D eigenvalue weighted by Crippen LogP contribution is -2.06. The molecule has 0 spiro atoms. The minimum absolute atomic E-state index is 0.00958. The molecule has 1 aromatic carbocycles. The Balaban J connectivity index is 2.07. The standard InChI is InChI=1S/C13H15NO3S2/c1-10-14-6-13(18-10)9-19(16,17)8-12-4-2-11(7-15)3-5-12/h2-6,15H,7-9H2,1H3. The first-order valence-electron chi connectivity index (χ1n) is 5.79. The molecule has 0 aliphatic carbocycles. The molecule has 0 fully saturated rings. The minimum atomic E-state index is -3.19. The van der Waals surface area contributed by atoms with E-state index in [1.165, 1.54) is 11.3 Å². The van der Waals surface area contributed by atoms with Gasteiger partial charge in [-0.15, -0.1) is 11.3 Å². The number of thiazole rings is 1. The second kappa shape index (κ2) is 5.81. The van der Waals surface area contributed by atoms with E-state index >= 15 is 0 Å². The summed E-state index contributed by atoms with van der Waals surface area (Å²) in [6.45, 7) is 1.82. The summed E-state index contributed by atoms with van der Waals surface area (Å²) in [5.41, 5.74) is 1.51. The molecule has 102 valence electrons. The van der Waals surface area contributed by atoms with E-state index in [1.54, 1.807) is 30.5 Å². The number of aromatic nitrogens is 1. The van der Waals surface area contributed by atoms with E-state index in [4.69, 9.17) is 5.11 Å². The topological polar surface area (TPSA) is 67.3 Å². The zero-order valence-corrected chi connectivity index (χ0v) is 12.2. The van der Waals surface area contributed by atoms with Gasteiger partial charge in [-0.25, -0.2) is 13.4 Å². The fourth-order valence-electron chi connectivity index (χ4n) is 1.73. The van der Waals surface area contributed by atoms with E-state index in [-0.39, 0.29) is 18.1 Å². The van der Waals surface area contributed by atoms with Crippen molar-refractivity contribution in [2.24, 2.45) is 0 Å². The van der Waals surface area contributed by atoms with Crippen molar-refractivity contribution in [2.75, 3.05) is 0 Å². The van der Waals surface area contributed by atoms with Crippen LogP contribution in [0.2, 0.25) is 0 Å². The summed E-state index contributed by atoms with van der Waals surface area (Å²) in [6, 6.07) is 6.95. The second-order valence-corrected chi connectivity index (χ2v) is 7.74. The van der Waals surface area contributed by atoms with Crippen molar-refractivity contribution < 1.29 is 13.5 Å². The van der Waals surface area contributed by atoms with Gasteiger partial charge in [0.1, 0.15) is 0 Å². The van der Waals surface area contributed by atoms with Gasteiger partial charge in [0, 0.05) is 11.1 Å². The van der Waals surface area contributed by atoms with E-state index in [1.807, 2.05) is 6.92 Å². The highest BCUT2D eigenvalue weighted by molar-refractivity contribution is 7.90. The smallest absolute Gasteiger partial charge is 0.159 e. The summed E-state index contributed by atoms with van der Waals surface area (Å²) in [6.07, 6.45) is 1.62. The van der Waals surface area contributed by atoms with E-state index in [0.29, 0.717) is 0 Å². The number of benzene rings is 1. The van der Waals surface area contributed by atoms with E-state index in [9.17, 15) is 8.42 Å². The van der Waals surface area contributed by atoms with Crippen LogP contribution >= 0.6 is 11.3 Å². The Morgan fingerprint density at radius 2 is 1.79 bits per heavy atom. The van der Waals surface area contributed by atoms with Gasteiger partial charge in [-0.1, -0.05) is 24.3 Å². The third kappa shape index (κ3) is 4.12. The molecule has 0 bridgehead atoms. The maximum atomic E-state index is 12.1. The lowest BCUT2D eigenvalue weighted by atomic mass is 10.2. The summed E-state index contributed by atoms with van der Waals surface area (Å²) >= 11 is 1.41. The Bertz CT molecular complexity index is 645. The molecule has 19 heavy (non-hydrogen) atoms. The number of hydrogen-bond donors (Lipinski definition) is 1. The van der Waals surface area contributed by atoms with Crippen molar-refractivity contribution in [3.05, 3.63) is 51.5 Å². The highest BCUT2D eigenvalue weighted by Gasteiger charge is 2.14. The minimum Gasteiger partial charge on any atom is -0.392 e. The molecule has 6 heteroatoms. The molecule has 0 saturated carbocycles. The molecular formula is C13H15NO3S2. The van der Waals surface area contributed by atoms with Crippen LogP contribution in [-0.2, 0) is 27.9 Å². The second-order valence-electron chi connectivity index (χ2n) is 4.35. The molecule has 0 aliphatic rings. The van der Waals surface area contributed by atoms with E-state index < -0.39 is 9.84 Å². The number of nitrogens with zero attached hydrogens (tertiary/aromatic N) is 1. The van der Waals surface area contributed by atoms with Crippen LogP contribution in [-0.4, -0.2) is 18.5 Å². The highest BCUT2D eigenvalue weighted by Crippen LogP contribution is 2.18. The Labute approximate surface area is 116 Å². The fraction of sp³-hybridized carbons (Fsp3) is 0.308. The van der Waals surface area contributed by atoms with Crippen LogP contribution in [0.5, 0.6) is 0 Å². The molecule has 0 amide bonds. The third-order valence-corrected chi connectivity index (χ3v) is 5.24. The molecule has 1 heterocycles. The lowest BCUT2D eigenvalue weighted by Gasteiger charge is -2.04. The van der Waals surface area contributed by atoms with Crippen molar-refractivity contribution in [1.82, 2.24) is 4.98 Å². The maximum absolute atomic E-state index is 12.1. The van der Waals surface area contributed by atoms with Crippen LogP contribution < -0.4 is 0 Å². The predicted molar refractivity (Wildman–Crippen MR) is 75.5 cm³/mol. The maximum Gasteiger partial charge on any atom is 0.159 e. The largest absolute Gasteiger partial charge is 0.392 e. The van der Waals surface area contributed by atoms with Crippen molar-refractivity contribution in [1.29, 1.82) is 0 Å². The average Bonchev–Trinajstić information content (AvgIpc) is 2.74. The first kappa shape index (κ1) is 14.2. The molecule has 2 rings (SSSR count). The van der Waals surface area contributed by atoms with Gasteiger partial charge in [0.15, 0.2) is 9.84 Å². The van der Waals surface area contributed by atoms with Crippen LogP contribution in [0, 0.1) is 6.92 Å². The van der Waals surface area contributed by atoms with Gasteiger partial charge in [-0.3, -0.25) is 0 Å². The summed E-state index contributed by atoms with van der Waals surface area (Å²) in [5, 5.41) is 9.81. The first-order chi connectivity index (χ1) is 8.98. The Morgan fingerprint density at radius 3 is 2.32 bits per heavy atom. The van der Waals surface area contributed by atoms with Crippen molar-refractivity contribution in [3.8, 4) is 0 Å². The van der Waals surface area contributed by atoms with Crippen LogP contribution in [0.25, 0.3) is 0 Å². The van der Waals surface area contributed by atoms with Crippen LogP contribution in [0.4, 0.5) is 0 Å². The van der Waals surface area contributed by atoms with Crippen LogP contribution in [0.1, 0.15) is 21.0 Å². The quantitative estimate of drug-likeness (QED) is 0.917. The lowest BCUT2D eigenvalue weighted by molar-refractivity contribution is 0.282. The first-order valence-corrected chi connectivity index (χ1v) is 8.43. The Morgan fingerprint density at radius 1 is 1.16 bits per heavy atom. The molecule has 4 nitrogen and oxygen atoms in total. The van der Waals surface area contributed by atoms with Gasteiger partial charge in [-0.05, 0) is 18.1 Å². The van der Waals surface area contributed by atoms with Gasteiger partial charge in [0.2, 0.25) is 0 Å². The molecule has 2 aromatic rings. The molecule has 0 radical (unpaired) electrons. The number of aliphatic hydroxyl groups excluding tert-OH is 1. The van der Waals surface area contributed by atoms with Gasteiger partial charge in [0.25, 0.3) is 0 Å². The van der Waals surface area contributed by atoms with Gasteiger partial charge >= 0.3 is 0 Å². The average molecular weight is 297 g/mol. The number of aliphatic hydroxyl groups is 1. The predicted octanol–water partition coefficient (Wildman–Crippen LogP) is 2.06. The SMILES string of the molecule is Cc1ncc(CS(=O)(=O)Cc2ccc(CO)cc2)s1. The van der Waals surface area contributed by atoms with Crippen molar-refractivity contribution in [2.45, 2.75) is 25.0 Å². The fourth-order valence-corrected chi connectivity index (χ4v) is 4.41. The van der Waals surface area contributed by atoms with Crippen LogP contribution in [0.3, 0.4) is 0 Å². The number of sulfone groups is 1. The van der Waals surface area contributed by atoms with Gasteiger partial charge in [0.05, 0.1) is 23.1 Å². The molecule has 0 unspecified atom stereocenters. The third-order valence-electron chi connectivity index (χ3n) is 2.62. The zero-order chi connectivity index (χ0) is 13.9. The monoisotopic (exact) mass is 297 g/mol. The molecule has 0 atom stereocenters. The normalized spacial score (nSPS) is 11.7. The Hall–Kier alpha value is -1.24. The summed E-state index contributed by atoms with van der Waals surface area (Å²) < 4.78 is 24.1. The zero-order valence-electron chi connectivity index (χ0n) is 10.5. The molecule has 1 N–H and O–H groups in total. The summed E-state index contributed by atoms with van der Waals surface area (Å²) in [7, 11) is -3.19. The summed E-state index contributed by atoms with van der Waals surface area (Å²) in [4.78, 5) is 4.82. The van der Waals surface area contributed by atoms with Crippen molar-refractivity contribution >= 4 is 21.2 Å². The van der Waals surface area contributed by atoms with Crippen molar-refractivity contribution in [3.63, 3.8) is 0 Å². The highest BCUT2D eigenvalue weighted by atomic mass is 32.2. The van der Waals surface area contributed by atoms with Crippen LogP contribution in [0.15, 0.2) is 30.5 Å². The Kier molecular flexibility index (Phi) is 4.34. The molecular weight excluding hydrogens is 282 g/mol. The number of rotatable bonds is 5.